The highest BCUT2D eigenvalue weighted by Gasteiger charge is 2.22. The molecule has 1 aliphatic heterocycles. The number of benzene rings is 2. The summed E-state index contributed by atoms with van der Waals surface area (Å²) in [5.74, 6) is 0.681. The SMILES string of the molecule is O=C(CCc1c[nH]c2ccccc12)NCC1CCN(c2ccccc2)C1. The zero-order valence-electron chi connectivity index (χ0n) is 14.9. The summed E-state index contributed by atoms with van der Waals surface area (Å²) in [4.78, 5) is 17.9. The fraction of sp³-hybridized carbons (Fsp3) is 0.318. The Labute approximate surface area is 154 Å². The van der Waals surface area contributed by atoms with Gasteiger partial charge in [0.25, 0.3) is 0 Å². The number of para-hydroxylation sites is 2. The van der Waals surface area contributed by atoms with Crippen molar-refractivity contribution >= 4 is 22.5 Å². The molecule has 4 nitrogen and oxygen atoms in total. The number of carbonyl (C=O) groups is 1. The van der Waals surface area contributed by atoms with Gasteiger partial charge in [0.1, 0.15) is 0 Å². The predicted molar refractivity (Wildman–Crippen MR) is 106 cm³/mol. The number of nitrogens with zero attached hydrogens (tertiary/aromatic N) is 1. The van der Waals surface area contributed by atoms with E-state index in [4.69, 9.17) is 0 Å². The Hall–Kier alpha value is -2.75. The Morgan fingerprint density at radius 2 is 1.92 bits per heavy atom. The molecule has 0 radical (unpaired) electrons. The lowest BCUT2D eigenvalue weighted by Crippen LogP contribution is -2.31. The molecule has 2 N–H and O–H groups in total. The quantitative estimate of drug-likeness (QED) is 0.713. The highest BCUT2D eigenvalue weighted by atomic mass is 16.1. The van der Waals surface area contributed by atoms with E-state index in [1.54, 1.807) is 0 Å². The van der Waals surface area contributed by atoms with Crippen molar-refractivity contribution < 1.29 is 4.79 Å². The third-order valence-electron chi connectivity index (χ3n) is 5.29. The van der Waals surface area contributed by atoms with Crippen LogP contribution in [0.15, 0.2) is 60.8 Å². The Morgan fingerprint density at radius 1 is 1.12 bits per heavy atom. The lowest BCUT2D eigenvalue weighted by atomic mass is 10.1. The summed E-state index contributed by atoms with van der Waals surface area (Å²) in [7, 11) is 0. The third-order valence-corrected chi connectivity index (χ3v) is 5.29. The molecular formula is C22H25N3O. The van der Waals surface area contributed by atoms with Crippen LogP contribution in [0.2, 0.25) is 0 Å². The Morgan fingerprint density at radius 3 is 2.81 bits per heavy atom. The number of aryl methyl sites for hydroxylation is 1. The number of nitrogens with one attached hydrogen (secondary N) is 2. The first kappa shape index (κ1) is 16.7. The fourth-order valence-electron chi connectivity index (χ4n) is 3.81. The number of hydrogen-bond acceptors (Lipinski definition) is 2. The second-order valence-electron chi connectivity index (χ2n) is 7.10. The van der Waals surface area contributed by atoms with Crippen molar-refractivity contribution in [1.82, 2.24) is 10.3 Å². The number of aromatic nitrogens is 1. The van der Waals surface area contributed by atoms with Crippen LogP contribution in [0.25, 0.3) is 10.9 Å². The smallest absolute Gasteiger partial charge is 0.220 e. The molecule has 134 valence electrons. The number of rotatable bonds is 6. The van der Waals surface area contributed by atoms with Gasteiger partial charge in [-0.05, 0) is 42.5 Å². The molecule has 1 aromatic heterocycles. The monoisotopic (exact) mass is 347 g/mol. The highest BCUT2D eigenvalue weighted by Crippen LogP contribution is 2.23. The van der Waals surface area contributed by atoms with E-state index in [1.807, 2.05) is 24.4 Å². The van der Waals surface area contributed by atoms with Gasteiger partial charge in [0, 0.05) is 48.8 Å². The van der Waals surface area contributed by atoms with Gasteiger partial charge in [-0.25, -0.2) is 0 Å². The van der Waals surface area contributed by atoms with E-state index in [-0.39, 0.29) is 5.91 Å². The van der Waals surface area contributed by atoms with Gasteiger partial charge < -0.3 is 15.2 Å². The molecule has 26 heavy (non-hydrogen) atoms. The van der Waals surface area contributed by atoms with Crippen LogP contribution in [-0.4, -0.2) is 30.5 Å². The van der Waals surface area contributed by atoms with Crippen LogP contribution < -0.4 is 10.2 Å². The Balaban J connectivity index is 1.23. The van der Waals surface area contributed by atoms with Gasteiger partial charge in [-0.1, -0.05) is 36.4 Å². The van der Waals surface area contributed by atoms with Crippen molar-refractivity contribution in [2.75, 3.05) is 24.5 Å². The summed E-state index contributed by atoms with van der Waals surface area (Å²) in [5, 5.41) is 4.35. The van der Waals surface area contributed by atoms with Gasteiger partial charge in [-0.15, -0.1) is 0 Å². The molecule has 1 saturated heterocycles. The van der Waals surface area contributed by atoms with Crippen LogP contribution in [0.1, 0.15) is 18.4 Å². The van der Waals surface area contributed by atoms with Gasteiger partial charge >= 0.3 is 0 Å². The number of fused-ring (bicyclic) bond motifs is 1. The molecule has 0 saturated carbocycles. The average molecular weight is 347 g/mol. The second kappa shape index (κ2) is 7.65. The molecule has 1 fully saturated rings. The minimum Gasteiger partial charge on any atom is -0.371 e. The summed E-state index contributed by atoms with van der Waals surface area (Å²) >= 11 is 0. The number of anilines is 1. The standard InChI is InChI=1S/C22H25N3O/c26-22(11-10-18-15-23-21-9-5-4-8-20(18)21)24-14-17-12-13-25(16-17)19-6-2-1-3-7-19/h1-9,15,17,23H,10-14,16H2,(H,24,26). The van der Waals surface area contributed by atoms with E-state index in [9.17, 15) is 4.79 Å². The molecule has 1 atom stereocenters. The van der Waals surface area contributed by atoms with E-state index in [2.05, 4.69) is 51.6 Å². The zero-order valence-corrected chi connectivity index (χ0v) is 14.9. The summed E-state index contributed by atoms with van der Waals surface area (Å²) in [6, 6.07) is 18.8. The van der Waals surface area contributed by atoms with Crippen molar-refractivity contribution in [1.29, 1.82) is 0 Å². The summed E-state index contributed by atoms with van der Waals surface area (Å²) in [6.45, 7) is 2.86. The number of amides is 1. The molecule has 4 heteroatoms. The lowest BCUT2D eigenvalue weighted by Gasteiger charge is -2.18. The van der Waals surface area contributed by atoms with E-state index in [0.717, 1.165) is 38.0 Å². The van der Waals surface area contributed by atoms with Crippen molar-refractivity contribution in [3.63, 3.8) is 0 Å². The predicted octanol–water partition coefficient (Wildman–Crippen LogP) is 3.74. The summed E-state index contributed by atoms with van der Waals surface area (Å²) < 4.78 is 0. The minimum absolute atomic E-state index is 0.147. The molecule has 1 amide bonds. The van der Waals surface area contributed by atoms with E-state index >= 15 is 0 Å². The lowest BCUT2D eigenvalue weighted by molar-refractivity contribution is -0.121. The molecule has 2 aromatic carbocycles. The van der Waals surface area contributed by atoms with Crippen LogP contribution in [0.4, 0.5) is 5.69 Å². The minimum atomic E-state index is 0.147. The number of H-pyrrole nitrogens is 1. The third kappa shape index (κ3) is 3.74. The van der Waals surface area contributed by atoms with Crippen molar-refractivity contribution in [3.05, 3.63) is 66.4 Å². The van der Waals surface area contributed by atoms with Crippen LogP contribution in [0.5, 0.6) is 0 Å². The van der Waals surface area contributed by atoms with E-state index in [1.165, 1.54) is 16.6 Å². The van der Waals surface area contributed by atoms with Crippen LogP contribution in [0.3, 0.4) is 0 Å². The first-order chi connectivity index (χ1) is 12.8. The summed E-state index contributed by atoms with van der Waals surface area (Å²) in [6.07, 6.45) is 4.47. The molecule has 1 aliphatic rings. The topological polar surface area (TPSA) is 48.1 Å². The number of hydrogen-bond donors (Lipinski definition) is 2. The first-order valence-corrected chi connectivity index (χ1v) is 9.41. The van der Waals surface area contributed by atoms with Gasteiger partial charge in [-0.2, -0.15) is 0 Å². The second-order valence-corrected chi connectivity index (χ2v) is 7.10. The molecule has 0 spiro atoms. The molecule has 1 unspecified atom stereocenters. The Bertz CT molecular complexity index is 871. The molecule has 2 heterocycles. The molecule has 3 aromatic rings. The zero-order chi connectivity index (χ0) is 17.8. The Kier molecular flexibility index (Phi) is 4.91. The molecule has 0 bridgehead atoms. The first-order valence-electron chi connectivity index (χ1n) is 9.41. The summed E-state index contributed by atoms with van der Waals surface area (Å²) in [5.41, 5.74) is 3.63. The van der Waals surface area contributed by atoms with Crippen LogP contribution in [-0.2, 0) is 11.2 Å². The van der Waals surface area contributed by atoms with Crippen LogP contribution in [0, 0.1) is 5.92 Å². The van der Waals surface area contributed by atoms with Crippen molar-refractivity contribution in [2.45, 2.75) is 19.3 Å². The maximum Gasteiger partial charge on any atom is 0.220 e. The maximum absolute atomic E-state index is 12.2. The largest absolute Gasteiger partial charge is 0.371 e. The molecule has 4 rings (SSSR count). The fourth-order valence-corrected chi connectivity index (χ4v) is 3.81. The van der Waals surface area contributed by atoms with Gasteiger partial charge in [-0.3, -0.25) is 4.79 Å². The van der Waals surface area contributed by atoms with E-state index < -0.39 is 0 Å². The van der Waals surface area contributed by atoms with E-state index in [0.29, 0.717) is 12.3 Å². The van der Waals surface area contributed by atoms with Crippen molar-refractivity contribution in [3.8, 4) is 0 Å². The van der Waals surface area contributed by atoms with Crippen LogP contribution >= 0.6 is 0 Å². The van der Waals surface area contributed by atoms with Crippen molar-refractivity contribution in [2.24, 2.45) is 5.92 Å². The molecular weight excluding hydrogens is 322 g/mol. The maximum atomic E-state index is 12.2. The normalized spacial score (nSPS) is 16.9. The number of aromatic amines is 1. The van der Waals surface area contributed by atoms with Gasteiger partial charge in [0.2, 0.25) is 5.91 Å². The molecule has 0 aliphatic carbocycles. The average Bonchev–Trinajstić information content (AvgIpc) is 3.33. The highest BCUT2D eigenvalue weighted by molar-refractivity contribution is 5.84. The number of carbonyl (C=O) groups excluding carboxylic acids is 1. The van der Waals surface area contributed by atoms with Gasteiger partial charge in [0.15, 0.2) is 0 Å². The van der Waals surface area contributed by atoms with Gasteiger partial charge in [0.05, 0.1) is 0 Å².